The van der Waals surface area contributed by atoms with Crippen LogP contribution in [0.25, 0.3) is 0 Å². The van der Waals surface area contributed by atoms with E-state index in [0.717, 1.165) is 24.3 Å². The first-order valence-corrected chi connectivity index (χ1v) is 5.35. The molecule has 0 saturated carbocycles. The first kappa shape index (κ1) is 12.2. The quantitative estimate of drug-likeness (QED) is 0.757. The van der Waals surface area contributed by atoms with Gasteiger partial charge in [0.15, 0.2) is 0 Å². The van der Waals surface area contributed by atoms with Gasteiger partial charge in [-0.3, -0.25) is 0 Å². The molecule has 1 aromatic heterocycles. The average molecular weight is 230 g/mol. The van der Waals surface area contributed by atoms with Crippen LogP contribution in [0.15, 0.2) is 6.20 Å². The van der Waals surface area contributed by atoms with Crippen LogP contribution in [0.2, 0.25) is 5.28 Å². The minimum atomic E-state index is 0.215. The molecule has 0 fully saturated rings. The van der Waals surface area contributed by atoms with Crippen molar-refractivity contribution < 1.29 is 5.11 Å². The van der Waals surface area contributed by atoms with E-state index in [2.05, 4.69) is 22.2 Å². The summed E-state index contributed by atoms with van der Waals surface area (Å²) in [5.74, 6) is 1.17. The molecule has 0 aliphatic heterocycles. The predicted molar refractivity (Wildman–Crippen MR) is 61.1 cm³/mol. The van der Waals surface area contributed by atoms with Crippen molar-refractivity contribution in [1.29, 1.82) is 0 Å². The lowest BCUT2D eigenvalue weighted by Gasteiger charge is -2.12. The summed E-state index contributed by atoms with van der Waals surface area (Å²) in [6.45, 7) is 4.98. The van der Waals surface area contributed by atoms with Crippen molar-refractivity contribution in [1.82, 2.24) is 9.97 Å². The van der Waals surface area contributed by atoms with Gasteiger partial charge in [-0.1, -0.05) is 6.92 Å². The van der Waals surface area contributed by atoms with Gasteiger partial charge in [0.05, 0.1) is 0 Å². The molecule has 2 N–H and O–H groups in total. The van der Waals surface area contributed by atoms with Crippen LogP contribution < -0.4 is 5.32 Å². The predicted octanol–water partition coefficient (Wildman–Crippen LogP) is 1.87. The Morgan fingerprint density at radius 3 is 3.00 bits per heavy atom. The third kappa shape index (κ3) is 4.01. The molecule has 1 rings (SSSR count). The van der Waals surface area contributed by atoms with E-state index in [0.29, 0.717) is 5.92 Å². The topological polar surface area (TPSA) is 58.0 Å². The van der Waals surface area contributed by atoms with Crippen molar-refractivity contribution in [2.75, 3.05) is 18.5 Å². The monoisotopic (exact) mass is 229 g/mol. The van der Waals surface area contributed by atoms with Crippen molar-refractivity contribution in [2.45, 2.75) is 20.3 Å². The van der Waals surface area contributed by atoms with Gasteiger partial charge in [0.25, 0.3) is 0 Å². The number of nitrogens with zero attached hydrogens (tertiary/aromatic N) is 2. The second-order valence-electron chi connectivity index (χ2n) is 3.67. The summed E-state index contributed by atoms with van der Waals surface area (Å²) >= 11 is 5.69. The highest BCUT2D eigenvalue weighted by Gasteiger charge is 2.04. The fourth-order valence-corrected chi connectivity index (χ4v) is 1.33. The second kappa shape index (κ2) is 5.88. The van der Waals surface area contributed by atoms with Crippen LogP contribution in [0.3, 0.4) is 0 Å². The van der Waals surface area contributed by atoms with Crippen molar-refractivity contribution in [3.8, 4) is 0 Å². The zero-order valence-electron chi connectivity index (χ0n) is 9.00. The number of anilines is 1. The molecule has 0 amide bonds. The molecule has 0 aliphatic carbocycles. The maximum absolute atomic E-state index is 8.76. The molecule has 0 radical (unpaired) electrons. The molecule has 1 atom stereocenters. The third-order valence-electron chi connectivity index (χ3n) is 2.18. The summed E-state index contributed by atoms with van der Waals surface area (Å²) in [5, 5.41) is 12.2. The van der Waals surface area contributed by atoms with Crippen LogP contribution in [0.4, 0.5) is 5.82 Å². The van der Waals surface area contributed by atoms with Crippen LogP contribution in [0.5, 0.6) is 0 Å². The zero-order chi connectivity index (χ0) is 11.3. The fourth-order valence-electron chi connectivity index (χ4n) is 1.19. The van der Waals surface area contributed by atoms with Gasteiger partial charge in [-0.05, 0) is 30.9 Å². The molecular formula is C10H16ClN3O. The van der Waals surface area contributed by atoms with Crippen LogP contribution in [-0.2, 0) is 0 Å². The maximum atomic E-state index is 8.76. The average Bonchev–Trinajstić information content (AvgIpc) is 2.20. The SMILES string of the molecule is Cc1cnc(Cl)nc1NCC(C)CCO. The molecule has 0 aromatic carbocycles. The molecule has 0 spiro atoms. The number of aliphatic hydroxyl groups excluding tert-OH is 1. The first-order chi connectivity index (χ1) is 7.13. The highest BCUT2D eigenvalue weighted by molar-refractivity contribution is 6.28. The standard InChI is InChI=1S/C10H16ClN3O/c1-7(3-4-15)5-12-9-8(2)6-13-10(11)14-9/h6-7,15H,3-5H2,1-2H3,(H,12,13,14). The van der Waals surface area contributed by atoms with Gasteiger partial charge in [-0.25, -0.2) is 9.97 Å². The molecular weight excluding hydrogens is 214 g/mol. The summed E-state index contributed by atoms with van der Waals surface area (Å²) in [5.41, 5.74) is 0.968. The van der Waals surface area contributed by atoms with E-state index in [1.807, 2.05) is 6.92 Å². The van der Waals surface area contributed by atoms with Crippen LogP contribution in [0, 0.1) is 12.8 Å². The summed E-state index contributed by atoms with van der Waals surface area (Å²) in [6.07, 6.45) is 2.47. The van der Waals surface area contributed by atoms with Crippen molar-refractivity contribution in [3.63, 3.8) is 0 Å². The van der Waals surface area contributed by atoms with E-state index in [1.54, 1.807) is 6.20 Å². The Bertz CT molecular complexity index is 320. The molecule has 4 nitrogen and oxygen atoms in total. The highest BCUT2D eigenvalue weighted by Crippen LogP contribution is 2.13. The number of aliphatic hydroxyl groups is 1. The van der Waals surface area contributed by atoms with Crippen LogP contribution in [0.1, 0.15) is 18.9 Å². The van der Waals surface area contributed by atoms with E-state index in [9.17, 15) is 0 Å². The Balaban J connectivity index is 2.53. The largest absolute Gasteiger partial charge is 0.396 e. The zero-order valence-corrected chi connectivity index (χ0v) is 9.75. The fraction of sp³-hybridized carbons (Fsp3) is 0.600. The number of halogens is 1. The van der Waals surface area contributed by atoms with Gasteiger partial charge in [0, 0.05) is 24.9 Å². The van der Waals surface area contributed by atoms with Gasteiger partial charge >= 0.3 is 0 Å². The molecule has 5 heteroatoms. The minimum Gasteiger partial charge on any atom is -0.396 e. The normalized spacial score (nSPS) is 12.5. The molecule has 0 saturated heterocycles. The summed E-state index contributed by atoms with van der Waals surface area (Å²) in [7, 11) is 0. The lowest BCUT2D eigenvalue weighted by Crippen LogP contribution is -2.14. The van der Waals surface area contributed by atoms with E-state index in [4.69, 9.17) is 16.7 Å². The molecule has 1 heterocycles. The number of aryl methyl sites for hydroxylation is 1. The maximum Gasteiger partial charge on any atom is 0.224 e. The van der Waals surface area contributed by atoms with Crippen molar-refractivity contribution in [2.24, 2.45) is 5.92 Å². The van der Waals surface area contributed by atoms with Gasteiger partial charge < -0.3 is 10.4 Å². The number of hydrogen-bond acceptors (Lipinski definition) is 4. The van der Waals surface area contributed by atoms with Crippen LogP contribution >= 0.6 is 11.6 Å². The number of rotatable bonds is 5. The van der Waals surface area contributed by atoms with Crippen molar-refractivity contribution in [3.05, 3.63) is 17.0 Å². The van der Waals surface area contributed by atoms with Crippen LogP contribution in [-0.4, -0.2) is 28.2 Å². The summed E-state index contributed by atoms with van der Waals surface area (Å²) in [4.78, 5) is 7.96. The Labute approximate surface area is 94.7 Å². The van der Waals surface area contributed by atoms with E-state index < -0.39 is 0 Å². The third-order valence-corrected chi connectivity index (χ3v) is 2.36. The lowest BCUT2D eigenvalue weighted by molar-refractivity contribution is 0.266. The number of hydrogen-bond donors (Lipinski definition) is 2. The Hall–Kier alpha value is -0.870. The Kier molecular flexibility index (Phi) is 4.78. The molecule has 84 valence electrons. The van der Waals surface area contributed by atoms with Crippen molar-refractivity contribution >= 4 is 17.4 Å². The van der Waals surface area contributed by atoms with Gasteiger partial charge in [-0.2, -0.15) is 0 Å². The van der Waals surface area contributed by atoms with Gasteiger partial charge in [-0.15, -0.1) is 0 Å². The second-order valence-corrected chi connectivity index (χ2v) is 4.01. The number of nitrogens with one attached hydrogen (secondary N) is 1. The summed E-state index contributed by atoms with van der Waals surface area (Å²) in [6, 6.07) is 0. The number of aromatic nitrogens is 2. The molecule has 0 bridgehead atoms. The van der Waals surface area contributed by atoms with E-state index in [1.165, 1.54) is 0 Å². The highest BCUT2D eigenvalue weighted by atomic mass is 35.5. The lowest BCUT2D eigenvalue weighted by atomic mass is 10.1. The molecule has 1 unspecified atom stereocenters. The minimum absolute atomic E-state index is 0.215. The van der Waals surface area contributed by atoms with Gasteiger partial charge in [0.1, 0.15) is 5.82 Å². The Morgan fingerprint density at radius 1 is 1.60 bits per heavy atom. The Morgan fingerprint density at radius 2 is 2.33 bits per heavy atom. The molecule has 15 heavy (non-hydrogen) atoms. The van der Waals surface area contributed by atoms with E-state index >= 15 is 0 Å². The smallest absolute Gasteiger partial charge is 0.224 e. The van der Waals surface area contributed by atoms with Gasteiger partial charge in [0.2, 0.25) is 5.28 Å². The van der Waals surface area contributed by atoms with E-state index in [-0.39, 0.29) is 11.9 Å². The summed E-state index contributed by atoms with van der Waals surface area (Å²) < 4.78 is 0. The molecule has 0 aliphatic rings. The molecule has 1 aromatic rings. The first-order valence-electron chi connectivity index (χ1n) is 4.97.